The Balaban J connectivity index is 1.97. The smallest absolute Gasteiger partial charge is 0.258 e. The predicted octanol–water partition coefficient (Wildman–Crippen LogP) is 3.27. The molecule has 1 heterocycles. The molecule has 3 rings (SSSR count). The van der Waals surface area contributed by atoms with E-state index in [1.807, 2.05) is 13.0 Å². The molecule has 0 saturated heterocycles. The van der Waals surface area contributed by atoms with Crippen LogP contribution >= 0.6 is 0 Å². The lowest BCUT2D eigenvalue weighted by Crippen LogP contribution is -2.35. The summed E-state index contributed by atoms with van der Waals surface area (Å²) in [5, 5.41) is 0. The van der Waals surface area contributed by atoms with Gasteiger partial charge in [0.1, 0.15) is 0 Å². The molecule has 6 heteroatoms. The molecule has 0 aliphatic carbocycles. The lowest BCUT2D eigenvalue weighted by Gasteiger charge is -2.30. The van der Waals surface area contributed by atoms with E-state index >= 15 is 0 Å². The van der Waals surface area contributed by atoms with Crippen molar-refractivity contribution in [3.05, 3.63) is 58.7 Å². The highest BCUT2D eigenvalue weighted by Crippen LogP contribution is 2.30. The Morgan fingerprint density at radius 1 is 1.12 bits per heavy atom. The van der Waals surface area contributed by atoms with Crippen molar-refractivity contribution in [1.29, 1.82) is 0 Å². The van der Waals surface area contributed by atoms with Gasteiger partial charge in [0, 0.05) is 17.8 Å². The van der Waals surface area contributed by atoms with Gasteiger partial charge in [-0.15, -0.1) is 0 Å². The Labute approximate surface area is 148 Å². The second-order valence-corrected chi connectivity index (χ2v) is 8.34. The van der Waals surface area contributed by atoms with Gasteiger partial charge in [-0.2, -0.15) is 0 Å². The van der Waals surface area contributed by atoms with E-state index in [2.05, 4.69) is 16.9 Å². The molecule has 0 unspecified atom stereocenters. The van der Waals surface area contributed by atoms with Crippen molar-refractivity contribution >= 4 is 27.3 Å². The second kappa shape index (κ2) is 6.52. The van der Waals surface area contributed by atoms with Crippen LogP contribution in [0.4, 0.5) is 11.4 Å². The first-order valence-corrected chi connectivity index (χ1v) is 10.1. The minimum atomic E-state index is -3.40. The first-order valence-electron chi connectivity index (χ1n) is 8.24. The largest absolute Gasteiger partial charge is 0.308 e. The zero-order chi connectivity index (χ0) is 18.2. The number of carbonyl (C=O) groups is 1. The zero-order valence-electron chi connectivity index (χ0n) is 14.7. The number of fused-ring (bicyclic) bond motifs is 1. The van der Waals surface area contributed by atoms with Gasteiger partial charge in [-0.1, -0.05) is 18.2 Å². The third-order valence-corrected chi connectivity index (χ3v) is 4.98. The summed E-state index contributed by atoms with van der Waals surface area (Å²) in [6, 6.07) is 11.3. The van der Waals surface area contributed by atoms with Crippen LogP contribution in [-0.2, 0) is 16.4 Å². The van der Waals surface area contributed by atoms with Crippen LogP contribution in [0.15, 0.2) is 36.4 Å². The fraction of sp³-hybridized carbons (Fsp3) is 0.316. The van der Waals surface area contributed by atoms with Crippen molar-refractivity contribution < 1.29 is 13.2 Å². The molecule has 0 spiro atoms. The minimum absolute atomic E-state index is 0.108. The number of amides is 1. The molecule has 132 valence electrons. The summed E-state index contributed by atoms with van der Waals surface area (Å²) in [7, 11) is -3.40. The monoisotopic (exact) mass is 358 g/mol. The van der Waals surface area contributed by atoms with E-state index in [-0.39, 0.29) is 5.91 Å². The number of anilines is 2. The number of hydrogen-bond acceptors (Lipinski definition) is 3. The van der Waals surface area contributed by atoms with E-state index in [1.165, 1.54) is 5.56 Å². The van der Waals surface area contributed by atoms with Gasteiger partial charge in [-0.25, -0.2) is 8.42 Å². The number of rotatable bonds is 3. The van der Waals surface area contributed by atoms with E-state index in [1.54, 1.807) is 30.0 Å². The Hall–Kier alpha value is -2.34. The molecule has 0 fully saturated rings. The quantitative estimate of drug-likeness (QED) is 0.916. The van der Waals surface area contributed by atoms with Gasteiger partial charge in [0.15, 0.2) is 0 Å². The van der Waals surface area contributed by atoms with E-state index in [0.29, 0.717) is 17.8 Å². The maximum Gasteiger partial charge on any atom is 0.258 e. The van der Waals surface area contributed by atoms with Crippen LogP contribution in [0.25, 0.3) is 0 Å². The van der Waals surface area contributed by atoms with E-state index in [0.717, 1.165) is 35.9 Å². The molecule has 0 radical (unpaired) electrons. The molecule has 0 saturated carbocycles. The van der Waals surface area contributed by atoms with Crippen LogP contribution in [0.5, 0.6) is 0 Å². The number of aryl methyl sites for hydroxylation is 3. The van der Waals surface area contributed by atoms with Gasteiger partial charge in [0.2, 0.25) is 10.0 Å². The highest BCUT2D eigenvalue weighted by Gasteiger charge is 2.24. The van der Waals surface area contributed by atoms with Crippen LogP contribution in [0.1, 0.15) is 33.5 Å². The summed E-state index contributed by atoms with van der Waals surface area (Å²) in [6.45, 7) is 4.48. The predicted molar refractivity (Wildman–Crippen MR) is 101 cm³/mol. The van der Waals surface area contributed by atoms with Crippen molar-refractivity contribution in [1.82, 2.24) is 0 Å². The summed E-state index contributed by atoms with van der Waals surface area (Å²) in [6.07, 6.45) is 2.99. The molecule has 1 aliphatic heterocycles. The molecular formula is C19H22N2O3S. The first-order chi connectivity index (χ1) is 11.7. The standard InChI is InChI=1S/C19H22N2O3S/c1-13-6-8-15-5-4-10-21(18(15)11-13)19(22)16-9-7-14(2)17(12-16)20-25(3,23)24/h6-9,11-12,20H,4-5,10H2,1-3H3. The fourth-order valence-corrected chi connectivity index (χ4v) is 3.74. The number of sulfonamides is 1. The van der Waals surface area contributed by atoms with Crippen LogP contribution in [-0.4, -0.2) is 27.1 Å². The lowest BCUT2D eigenvalue weighted by atomic mass is 9.98. The average molecular weight is 358 g/mol. The fourth-order valence-electron chi connectivity index (χ4n) is 3.12. The maximum atomic E-state index is 13.1. The summed E-state index contributed by atoms with van der Waals surface area (Å²) in [5.41, 5.74) is 4.93. The van der Waals surface area contributed by atoms with Gasteiger partial charge in [-0.3, -0.25) is 9.52 Å². The molecule has 0 aromatic heterocycles. The number of benzene rings is 2. The van der Waals surface area contributed by atoms with Gasteiger partial charge < -0.3 is 4.90 Å². The van der Waals surface area contributed by atoms with Crippen molar-refractivity contribution in [2.24, 2.45) is 0 Å². The SMILES string of the molecule is Cc1ccc2c(c1)N(C(=O)c1ccc(C)c(NS(C)(=O)=O)c1)CCC2. The zero-order valence-corrected chi connectivity index (χ0v) is 15.5. The van der Waals surface area contributed by atoms with Gasteiger partial charge in [0.25, 0.3) is 5.91 Å². The van der Waals surface area contributed by atoms with Crippen molar-refractivity contribution in [3.63, 3.8) is 0 Å². The number of carbonyl (C=O) groups excluding carboxylic acids is 1. The van der Waals surface area contributed by atoms with Crippen LogP contribution in [0.2, 0.25) is 0 Å². The third-order valence-electron chi connectivity index (χ3n) is 4.38. The summed E-state index contributed by atoms with van der Waals surface area (Å²) in [4.78, 5) is 14.8. The molecule has 1 N–H and O–H groups in total. The van der Waals surface area contributed by atoms with E-state index in [4.69, 9.17) is 0 Å². The highest BCUT2D eigenvalue weighted by atomic mass is 32.2. The molecule has 0 atom stereocenters. The molecule has 1 aliphatic rings. The van der Waals surface area contributed by atoms with E-state index in [9.17, 15) is 13.2 Å². The molecule has 25 heavy (non-hydrogen) atoms. The Bertz CT molecular complexity index is 936. The lowest BCUT2D eigenvalue weighted by molar-refractivity contribution is 0.0985. The topological polar surface area (TPSA) is 66.5 Å². The molecule has 2 aromatic rings. The van der Waals surface area contributed by atoms with Crippen molar-refractivity contribution in [3.8, 4) is 0 Å². The maximum absolute atomic E-state index is 13.1. The summed E-state index contributed by atoms with van der Waals surface area (Å²) >= 11 is 0. The first kappa shape index (κ1) is 17.5. The number of nitrogens with one attached hydrogen (secondary N) is 1. The van der Waals surface area contributed by atoms with Crippen molar-refractivity contribution in [2.45, 2.75) is 26.7 Å². The molecule has 1 amide bonds. The Morgan fingerprint density at radius 2 is 1.88 bits per heavy atom. The summed E-state index contributed by atoms with van der Waals surface area (Å²) in [5.74, 6) is -0.108. The van der Waals surface area contributed by atoms with Crippen LogP contribution in [0.3, 0.4) is 0 Å². The second-order valence-electron chi connectivity index (χ2n) is 6.60. The molecule has 5 nitrogen and oxygen atoms in total. The third kappa shape index (κ3) is 3.85. The summed E-state index contributed by atoms with van der Waals surface area (Å²) < 4.78 is 25.5. The van der Waals surface area contributed by atoms with Gasteiger partial charge in [-0.05, 0) is 61.6 Å². The number of hydrogen-bond donors (Lipinski definition) is 1. The number of nitrogens with zero attached hydrogens (tertiary/aromatic N) is 1. The molecular weight excluding hydrogens is 336 g/mol. The minimum Gasteiger partial charge on any atom is -0.308 e. The highest BCUT2D eigenvalue weighted by molar-refractivity contribution is 7.92. The molecule has 2 aromatic carbocycles. The van der Waals surface area contributed by atoms with Gasteiger partial charge >= 0.3 is 0 Å². The van der Waals surface area contributed by atoms with Gasteiger partial charge in [0.05, 0.1) is 11.9 Å². The van der Waals surface area contributed by atoms with Crippen molar-refractivity contribution in [2.75, 3.05) is 22.4 Å². The normalized spacial score (nSPS) is 14.1. The average Bonchev–Trinajstić information content (AvgIpc) is 2.54. The Kier molecular flexibility index (Phi) is 4.56. The Morgan fingerprint density at radius 3 is 2.60 bits per heavy atom. The van der Waals surface area contributed by atoms with E-state index < -0.39 is 10.0 Å². The molecule has 0 bridgehead atoms. The van der Waals surface area contributed by atoms with Crippen LogP contribution < -0.4 is 9.62 Å². The van der Waals surface area contributed by atoms with Crippen LogP contribution in [0, 0.1) is 13.8 Å².